The van der Waals surface area contributed by atoms with Crippen molar-refractivity contribution < 1.29 is 18.7 Å². The number of benzene rings is 1. The minimum absolute atomic E-state index is 0.0710. The second-order valence-corrected chi connectivity index (χ2v) is 5.83. The van der Waals surface area contributed by atoms with Crippen LogP contribution in [-0.2, 0) is 5.60 Å². The highest BCUT2D eigenvalue weighted by atomic mass is 32.1. The highest BCUT2D eigenvalue weighted by Crippen LogP contribution is 2.22. The van der Waals surface area contributed by atoms with Crippen molar-refractivity contribution >= 4 is 17.2 Å². The number of thiophene rings is 1. The first kappa shape index (κ1) is 15.6. The summed E-state index contributed by atoms with van der Waals surface area (Å²) in [7, 11) is 0. The predicted octanol–water partition coefficient (Wildman–Crippen LogP) is 2.97. The van der Waals surface area contributed by atoms with Crippen molar-refractivity contribution in [3.63, 3.8) is 0 Å². The molecule has 0 bridgehead atoms. The normalized spacial score (nSPS) is 13.8. The van der Waals surface area contributed by atoms with Crippen molar-refractivity contribution in [3.05, 3.63) is 57.3 Å². The Kier molecular flexibility index (Phi) is 4.39. The summed E-state index contributed by atoms with van der Waals surface area (Å²) in [5, 5.41) is 16.3. The Labute approximate surface area is 125 Å². The Morgan fingerprint density at radius 2 is 2.10 bits per heavy atom. The molecule has 0 saturated heterocycles. The molecule has 2 rings (SSSR count). The van der Waals surface area contributed by atoms with E-state index in [1.165, 1.54) is 18.3 Å². The summed E-state index contributed by atoms with van der Waals surface area (Å²) < 4.78 is 26.8. The van der Waals surface area contributed by atoms with Crippen LogP contribution in [0.15, 0.2) is 29.0 Å². The number of carbonyl (C=O) groups is 1. The lowest BCUT2D eigenvalue weighted by atomic mass is 9.99. The molecule has 0 fully saturated rings. The van der Waals surface area contributed by atoms with E-state index in [-0.39, 0.29) is 17.7 Å². The smallest absolute Gasteiger partial charge is 0.254 e. The van der Waals surface area contributed by atoms with Crippen LogP contribution in [0.3, 0.4) is 0 Å². The van der Waals surface area contributed by atoms with Gasteiger partial charge in [-0.1, -0.05) is 0 Å². The molecule has 1 unspecified atom stereocenters. The second-order valence-electron chi connectivity index (χ2n) is 5.05. The molecule has 2 aromatic rings. The second kappa shape index (κ2) is 5.91. The molecule has 1 aromatic carbocycles. The van der Waals surface area contributed by atoms with Crippen LogP contribution in [0.1, 0.15) is 28.4 Å². The number of hydrogen-bond acceptors (Lipinski definition) is 3. The van der Waals surface area contributed by atoms with E-state index in [0.717, 1.165) is 6.07 Å². The summed E-state index contributed by atoms with van der Waals surface area (Å²) in [5.41, 5.74) is -0.633. The molecule has 1 heterocycles. The van der Waals surface area contributed by atoms with Crippen LogP contribution in [0, 0.1) is 18.6 Å². The maximum absolute atomic E-state index is 13.6. The highest BCUT2D eigenvalue weighted by molar-refractivity contribution is 7.08. The van der Waals surface area contributed by atoms with Crippen molar-refractivity contribution in [2.75, 3.05) is 6.54 Å². The van der Waals surface area contributed by atoms with E-state index in [1.807, 2.05) is 5.38 Å². The number of rotatable bonds is 4. The van der Waals surface area contributed by atoms with Crippen LogP contribution in [0.4, 0.5) is 8.78 Å². The van der Waals surface area contributed by atoms with Gasteiger partial charge in [-0.15, -0.1) is 0 Å². The minimum atomic E-state index is -1.25. The molecule has 1 atom stereocenters. The Morgan fingerprint density at radius 3 is 2.71 bits per heavy atom. The molecule has 1 aromatic heterocycles. The first-order valence-corrected chi connectivity index (χ1v) is 7.24. The van der Waals surface area contributed by atoms with Crippen LogP contribution in [0.25, 0.3) is 0 Å². The van der Waals surface area contributed by atoms with Gasteiger partial charge in [0.15, 0.2) is 0 Å². The number of carbonyl (C=O) groups excluding carboxylic acids is 1. The molecule has 6 heteroatoms. The van der Waals surface area contributed by atoms with Crippen LogP contribution in [0.5, 0.6) is 0 Å². The van der Waals surface area contributed by atoms with E-state index in [4.69, 9.17) is 0 Å². The van der Waals surface area contributed by atoms with E-state index >= 15 is 0 Å². The Balaban J connectivity index is 2.11. The van der Waals surface area contributed by atoms with Gasteiger partial charge in [0.05, 0.1) is 12.1 Å². The highest BCUT2D eigenvalue weighted by Gasteiger charge is 2.25. The molecular weight excluding hydrogens is 296 g/mol. The molecule has 1 amide bonds. The fourth-order valence-corrected chi connectivity index (χ4v) is 2.63. The Morgan fingerprint density at radius 1 is 1.38 bits per heavy atom. The fraction of sp³-hybridized carbons (Fsp3) is 0.267. The third-order valence-electron chi connectivity index (χ3n) is 3.23. The zero-order valence-corrected chi connectivity index (χ0v) is 12.4. The van der Waals surface area contributed by atoms with Gasteiger partial charge in [-0.05, 0) is 47.9 Å². The molecule has 0 aliphatic heterocycles. The Hall–Kier alpha value is -1.79. The molecule has 112 valence electrons. The van der Waals surface area contributed by atoms with Crippen molar-refractivity contribution in [2.45, 2.75) is 19.4 Å². The molecule has 0 aliphatic rings. The van der Waals surface area contributed by atoms with Gasteiger partial charge in [-0.3, -0.25) is 4.79 Å². The average Bonchev–Trinajstić information content (AvgIpc) is 2.95. The molecular formula is C15H15F2NO2S. The summed E-state index contributed by atoms with van der Waals surface area (Å²) in [5.74, 6) is -2.31. The van der Waals surface area contributed by atoms with Gasteiger partial charge in [-0.25, -0.2) is 8.78 Å². The lowest BCUT2D eigenvalue weighted by molar-refractivity contribution is 0.0529. The van der Waals surface area contributed by atoms with Gasteiger partial charge < -0.3 is 10.4 Å². The minimum Gasteiger partial charge on any atom is -0.384 e. The summed E-state index contributed by atoms with van der Waals surface area (Å²) in [4.78, 5) is 12.0. The van der Waals surface area contributed by atoms with Crippen molar-refractivity contribution in [3.8, 4) is 0 Å². The topological polar surface area (TPSA) is 49.3 Å². The van der Waals surface area contributed by atoms with Crippen LogP contribution in [-0.4, -0.2) is 17.6 Å². The van der Waals surface area contributed by atoms with Crippen molar-refractivity contribution in [1.82, 2.24) is 5.32 Å². The van der Waals surface area contributed by atoms with E-state index < -0.39 is 23.1 Å². The van der Waals surface area contributed by atoms with Gasteiger partial charge >= 0.3 is 0 Å². The molecule has 0 spiro atoms. The average molecular weight is 311 g/mol. The first-order chi connectivity index (χ1) is 9.81. The van der Waals surface area contributed by atoms with Crippen molar-refractivity contribution in [2.24, 2.45) is 0 Å². The largest absolute Gasteiger partial charge is 0.384 e. The zero-order valence-electron chi connectivity index (χ0n) is 11.6. The molecule has 0 radical (unpaired) electrons. The number of halogens is 2. The van der Waals surface area contributed by atoms with Gasteiger partial charge in [-0.2, -0.15) is 11.3 Å². The predicted molar refractivity (Wildman–Crippen MR) is 77.3 cm³/mol. The van der Waals surface area contributed by atoms with Crippen LogP contribution >= 0.6 is 11.3 Å². The number of aryl methyl sites for hydroxylation is 1. The molecule has 0 aliphatic carbocycles. The van der Waals surface area contributed by atoms with Crippen molar-refractivity contribution in [1.29, 1.82) is 0 Å². The molecule has 3 nitrogen and oxygen atoms in total. The number of nitrogens with one attached hydrogen (secondary N) is 1. The number of amides is 1. The van der Waals surface area contributed by atoms with E-state index in [1.54, 1.807) is 18.4 Å². The lowest BCUT2D eigenvalue weighted by Crippen LogP contribution is -2.38. The van der Waals surface area contributed by atoms with Gasteiger partial charge in [0.2, 0.25) is 0 Å². The maximum atomic E-state index is 13.6. The number of aliphatic hydroxyl groups is 1. The summed E-state index contributed by atoms with van der Waals surface area (Å²) in [6.07, 6.45) is 0. The quantitative estimate of drug-likeness (QED) is 0.912. The summed E-state index contributed by atoms with van der Waals surface area (Å²) >= 11 is 1.43. The first-order valence-electron chi connectivity index (χ1n) is 6.30. The SMILES string of the molecule is Cc1cc(C(=O)NCC(C)(O)c2ccsc2)c(F)cc1F. The van der Waals surface area contributed by atoms with Gasteiger partial charge in [0, 0.05) is 6.07 Å². The maximum Gasteiger partial charge on any atom is 0.254 e. The molecule has 2 N–H and O–H groups in total. The lowest BCUT2D eigenvalue weighted by Gasteiger charge is -2.23. The molecule has 0 saturated carbocycles. The summed E-state index contributed by atoms with van der Waals surface area (Å²) in [6.45, 7) is 2.94. The zero-order chi connectivity index (χ0) is 15.6. The Bertz CT molecular complexity index is 654. The molecule has 21 heavy (non-hydrogen) atoms. The third-order valence-corrected chi connectivity index (χ3v) is 3.91. The van der Waals surface area contributed by atoms with Crippen LogP contribution < -0.4 is 5.32 Å². The standard InChI is InChI=1S/C15H15F2NO2S/c1-9-5-11(13(17)6-12(9)16)14(19)18-8-15(2,20)10-3-4-21-7-10/h3-7,20H,8H2,1-2H3,(H,18,19). The monoisotopic (exact) mass is 311 g/mol. The van der Waals surface area contributed by atoms with E-state index in [0.29, 0.717) is 11.6 Å². The summed E-state index contributed by atoms with van der Waals surface area (Å²) in [6, 6.07) is 3.58. The fourth-order valence-electron chi connectivity index (χ4n) is 1.85. The van der Waals surface area contributed by atoms with Gasteiger partial charge in [0.25, 0.3) is 5.91 Å². The van der Waals surface area contributed by atoms with Gasteiger partial charge in [0.1, 0.15) is 17.2 Å². The van der Waals surface area contributed by atoms with Crippen LogP contribution in [0.2, 0.25) is 0 Å². The van der Waals surface area contributed by atoms with E-state index in [2.05, 4.69) is 5.32 Å². The number of hydrogen-bond donors (Lipinski definition) is 2. The van der Waals surface area contributed by atoms with E-state index in [9.17, 15) is 18.7 Å². The third kappa shape index (κ3) is 3.46.